The van der Waals surface area contributed by atoms with Crippen molar-refractivity contribution in [2.45, 2.75) is 13.5 Å². The molecule has 3 nitrogen and oxygen atoms in total. The van der Waals surface area contributed by atoms with Crippen LogP contribution < -0.4 is 11.3 Å². The Morgan fingerprint density at radius 1 is 1.46 bits per heavy atom. The van der Waals surface area contributed by atoms with Gasteiger partial charge in [-0.25, -0.2) is 0 Å². The number of rotatable bonds is 2. The van der Waals surface area contributed by atoms with Gasteiger partial charge in [-0.2, -0.15) is 0 Å². The Balaban J connectivity index is 0. The standard InChI is InChI=1S/C8H12N2O.2ClH/c1-7-2-4-10(5-3-9)8(11)6-7;;/h2,4,6H,3,5,9H2,1H3;2*1H. The Kier molecular flexibility index (Phi) is 8.01. The lowest BCUT2D eigenvalue weighted by atomic mass is 10.3. The van der Waals surface area contributed by atoms with E-state index in [1.807, 2.05) is 13.0 Å². The molecule has 13 heavy (non-hydrogen) atoms. The zero-order chi connectivity index (χ0) is 8.27. The molecule has 0 unspecified atom stereocenters. The number of nitrogens with two attached hydrogens (primary N) is 1. The van der Waals surface area contributed by atoms with Gasteiger partial charge in [0.15, 0.2) is 0 Å². The zero-order valence-electron chi connectivity index (χ0n) is 7.40. The molecule has 0 saturated carbocycles. The molecule has 0 saturated heterocycles. The van der Waals surface area contributed by atoms with Gasteiger partial charge in [0.25, 0.3) is 5.56 Å². The largest absolute Gasteiger partial charge is 0.329 e. The highest BCUT2D eigenvalue weighted by molar-refractivity contribution is 5.85. The third-order valence-corrected chi connectivity index (χ3v) is 1.52. The highest BCUT2D eigenvalue weighted by Gasteiger charge is 1.92. The molecule has 1 heterocycles. The van der Waals surface area contributed by atoms with Gasteiger partial charge in [0.1, 0.15) is 0 Å². The quantitative estimate of drug-likeness (QED) is 0.814. The van der Waals surface area contributed by atoms with E-state index in [0.29, 0.717) is 13.1 Å². The van der Waals surface area contributed by atoms with Gasteiger partial charge in [-0.1, -0.05) is 0 Å². The van der Waals surface area contributed by atoms with Crippen LogP contribution in [0, 0.1) is 6.92 Å². The van der Waals surface area contributed by atoms with Crippen LogP contribution in [-0.4, -0.2) is 11.1 Å². The van der Waals surface area contributed by atoms with Crippen molar-refractivity contribution in [3.05, 3.63) is 34.2 Å². The van der Waals surface area contributed by atoms with Crippen molar-refractivity contribution >= 4 is 24.8 Å². The van der Waals surface area contributed by atoms with Crippen LogP contribution in [0.2, 0.25) is 0 Å². The van der Waals surface area contributed by atoms with Gasteiger partial charge >= 0.3 is 0 Å². The first-order valence-corrected chi connectivity index (χ1v) is 3.61. The van der Waals surface area contributed by atoms with Crippen molar-refractivity contribution in [3.63, 3.8) is 0 Å². The maximum Gasteiger partial charge on any atom is 0.250 e. The molecular formula is C8H14Cl2N2O. The maximum absolute atomic E-state index is 11.1. The van der Waals surface area contributed by atoms with Crippen LogP contribution in [0.1, 0.15) is 5.56 Å². The summed E-state index contributed by atoms with van der Waals surface area (Å²) < 4.78 is 1.60. The highest BCUT2D eigenvalue weighted by Crippen LogP contribution is 1.89. The molecule has 0 amide bonds. The van der Waals surface area contributed by atoms with Crippen molar-refractivity contribution in [1.29, 1.82) is 0 Å². The van der Waals surface area contributed by atoms with Crippen molar-refractivity contribution < 1.29 is 0 Å². The summed E-state index contributed by atoms with van der Waals surface area (Å²) in [4.78, 5) is 11.1. The van der Waals surface area contributed by atoms with Gasteiger partial charge < -0.3 is 10.3 Å². The molecule has 1 aromatic heterocycles. The lowest BCUT2D eigenvalue weighted by Crippen LogP contribution is -2.22. The number of nitrogens with zero attached hydrogens (tertiary/aromatic N) is 1. The first-order chi connectivity index (χ1) is 5.24. The Morgan fingerprint density at radius 2 is 2.08 bits per heavy atom. The second-order valence-electron chi connectivity index (χ2n) is 2.52. The number of aryl methyl sites for hydroxylation is 1. The molecule has 2 N–H and O–H groups in total. The molecule has 0 aliphatic rings. The van der Waals surface area contributed by atoms with E-state index in [4.69, 9.17) is 5.73 Å². The molecule has 1 rings (SSSR count). The van der Waals surface area contributed by atoms with E-state index in [1.165, 1.54) is 0 Å². The van der Waals surface area contributed by atoms with E-state index in [0.717, 1.165) is 5.56 Å². The van der Waals surface area contributed by atoms with Crippen LogP contribution in [0.3, 0.4) is 0 Å². The third-order valence-electron chi connectivity index (χ3n) is 1.52. The van der Waals surface area contributed by atoms with Crippen molar-refractivity contribution in [1.82, 2.24) is 4.57 Å². The number of aromatic nitrogens is 1. The normalized spacial score (nSPS) is 8.46. The zero-order valence-corrected chi connectivity index (χ0v) is 9.03. The smallest absolute Gasteiger partial charge is 0.250 e. The van der Waals surface area contributed by atoms with Crippen LogP contribution in [0.25, 0.3) is 0 Å². The molecule has 5 heteroatoms. The maximum atomic E-state index is 11.1. The molecule has 0 fully saturated rings. The first-order valence-electron chi connectivity index (χ1n) is 3.61. The third kappa shape index (κ3) is 4.31. The molecular weight excluding hydrogens is 211 g/mol. The van der Waals surface area contributed by atoms with Gasteiger partial charge in [0.05, 0.1) is 0 Å². The number of hydrogen-bond acceptors (Lipinski definition) is 2. The SMILES string of the molecule is Cc1ccn(CCN)c(=O)c1.Cl.Cl. The van der Waals surface area contributed by atoms with Crippen molar-refractivity contribution in [2.75, 3.05) is 6.54 Å². The summed E-state index contributed by atoms with van der Waals surface area (Å²) in [5.41, 5.74) is 6.32. The molecule has 0 aromatic carbocycles. The molecule has 0 aliphatic carbocycles. The van der Waals surface area contributed by atoms with Crippen LogP contribution in [0.15, 0.2) is 23.1 Å². The second kappa shape index (κ2) is 6.95. The van der Waals surface area contributed by atoms with Gasteiger partial charge in [-0.05, 0) is 18.6 Å². The minimum Gasteiger partial charge on any atom is -0.329 e. The van der Waals surface area contributed by atoms with E-state index in [1.54, 1.807) is 16.8 Å². The lowest BCUT2D eigenvalue weighted by Gasteiger charge is -2.01. The van der Waals surface area contributed by atoms with Crippen molar-refractivity contribution in [3.8, 4) is 0 Å². The minimum atomic E-state index is 0. The van der Waals surface area contributed by atoms with Gasteiger partial charge in [-0.15, -0.1) is 24.8 Å². The van der Waals surface area contributed by atoms with Gasteiger partial charge in [0.2, 0.25) is 0 Å². The Morgan fingerprint density at radius 3 is 2.54 bits per heavy atom. The number of halogens is 2. The Hall–Kier alpha value is -0.510. The van der Waals surface area contributed by atoms with Crippen LogP contribution in [0.4, 0.5) is 0 Å². The molecule has 1 aromatic rings. The van der Waals surface area contributed by atoms with Crippen molar-refractivity contribution in [2.24, 2.45) is 5.73 Å². The molecule has 0 bridgehead atoms. The predicted octanol–water partition coefficient (Wildman–Crippen LogP) is 0.959. The van der Waals surface area contributed by atoms with Gasteiger partial charge in [-0.3, -0.25) is 4.79 Å². The number of hydrogen-bond donors (Lipinski definition) is 1. The average molecular weight is 225 g/mol. The van der Waals surface area contributed by atoms with E-state index >= 15 is 0 Å². The lowest BCUT2D eigenvalue weighted by molar-refractivity contribution is 0.679. The topological polar surface area (TPSA) is 48.0 Å². The second-order valence-corrected chi connectivity index (χ2v) is 2.52. The molecule has 76 valence electrons. The monoisotopic (exact) mass is 224 g/mol. The highest BCUT2D eigenvalue weighted by atomic mass is 35.5. The summed E-state index contributed by atoms with van der Waals surface area (Å²) in [6, 6.07) is 3.51. The van der Waals surface area contributed by atoms with Gasteiger partial charge in [0, 0.05) is 25.4 Å². The fourth-order valence-electron chi connectivity index (χ4n) is 0.931. The van der Waals surface area contributed by atoms with Crippen LogP contribution in [0.5, 0.6) is 0 Å². The summed E-state index contributed by atoms with van der Waals surface area (Å²) in [5, 5.41) is 0. The average Bonchev–Trinajstić information content (AvgIpc) is 1.95. The van der Waals surface area contributed by atoms with Crippen LogP contribution >= 0.6 is 24.8 Å². The fraction of sp³-hybridized carbons (Fsp3) is 0.375. The summed E-state index contributed by atoms with van der Waals surface area (Å²) >= 11 is 0. The Bertz CT molecular complexity index is 298. The van der Waals surface area contributed by atoms with E-state index in [9.17, 15) is 4.79 Å². The van der Waals surface area contributed by atoms with Crippen LogP contribution in [-0.2, 0) is 6.54 Å². The van der Waals surface area contributed by atoms with E-state index < -0.39 is 0 Å². The summed E-state index contributed by atoms with van der Waals surface area (Å²) in [7, 11) is 0. The first kappa shape index (κ1) is 15.0. The molecule has 0 atom stereocenters. The fourth-order valence-corrected chi connectivity index (χ4v) is 0.931. The summed E-state index contributed by atoms with van der Waals surface area (Å²) in [6.07, 6.45) is 1.77. The summed E-state index contributed by atoms with van der Waals surface area (Å²) in [6.45, 7) is 3.00. The molecule has 0 radical (unpaired) electrons. The van der Waals surface area contributed by atoms with E-state index in [-0.39, 0.29) is 30.4 Å². The molecule has 0 aliphatic heterocycles. The summed E-state index contributed by atoms with van der Waals surface area (Å²) in [5.74, 6) is 0. The van der Waals surface area contributed by atoms with E-state index in [2.05, 4.69) is 0 Å². The predicted molar refractivity (Wildman–Crippen MR) is 59.0 cm³/mol. The molecule has 0 spiro atoms. The minimum absolute atomic E-state index is 0. The Labute approximate surface area is 89.8 Å². The number of pyridine rings is 1.